The van der Waals surface area contributed by atoms with Crippen LogP contribution in [0, 0.1) is 0 Å². The number of thiophene rings is 1. The molecule has 0 saturated carbocycles. The third-order valence-corrected chi connectivity index (χ3v) is 5.60. The molecule has 1 aliphatic heterocycles. The van der Waals surface area contributed by atoms with Crippen LogP contribution in [0.5, 0.6) is 0 Å². The summed E-state index contributed by atoms with van der Waals surface area (Å²) in [5.41, 5.74) is 6.02. The lowest BCUT2D eigenvalue weighted by atomic mass is 9.96. The van der Waals surface area contributed by atoms with Gasteiger partial charge in [-0.1, -0.05) is 0 Å². The molecule has 1 fully saturated rings. The number of hydrogen-bond donors (Lipinski definition) is 1. The average Bonchev–Trinajstić information content (AvgIpc) is 2.84. The maximum absolute atomic E-state index is 12.4. The summed E-state index contributed by atoms with van der Waals surface area (Å²) in [6, 6.07) is 4.52. The highest BCUT2D eigenvalue weighted by Gasteiger charge is 2.28. The molecule has 3 nitrogen and oxygen atoms in total. The number of halogens is 2. The van der Waals surface area contributed by atoms with Crippen LogP contribution >= 0.6 is 39.7 Å². The van der Waals surface area contributed by atoms with Gasteiger partial charge >= 0.3 is 0 Å². The number of amides is 1. The van der Waals surface area contributed by atoms with Crippen molar-refractivity contribution in [2.75, 3.05) is 6.54 Å². The van der Waals surface area contributed by atoms with Crippen LogP contribution < -0.4 is 5.73 Å². The fraction of sp³-hybridized carbons (Fsp3) is 0.667. The Bertz CT molecular complexity index is 453. The Balaban J connectivity index is 0.00000220. The normalized spacial score (nSPS) is 20.0. The lowest BCUT2D eigenvalue weighted by Gasteiger charge is -2.38. The van der Waals surface area contributed by atoms with Crippen molar-refractivity contribution >= 4 is 45.6 Å². The highest BCUT2D eigenvalue weighted by atomic mass is 79.9. The van der Waals surface area contributed by atoms with Crippen molar-refractivity contribution in [2.24, 2.45) is 5.73 Å². The molecule has 2 atom stereocenters. The highest BCUT2D eigenvalue weighted by molar-refractivity contribution is 9.11. The first kappa shape index (κ1) is 18.9. The molecule has 1 amide bonds. The number of piperidine rings is 1. The summed E-state index contributed by atoms with van der Waals surface area (Å²) in [5.74, 6) is 0.280. The quantitative estimate of drug-likeness (QED) is 0.819. The number of carbonyl (C=O) groups excluding carboxylic acids is 1. The molecule has 21 heavy (non-hydrogen) atoms. The second-order valence-corrected chi connectivity index (χ2v) is 8.12. The van der Waals surface area contributed by atoms with E-state index in [1.807, 2.05) is 11.8 Å². The molecule has 2 N–H and O–H groups in total. The van der Waals surface area contributed by atoms with Gasteiger partial charge in [-0.3, -0.25) is 4.79 Å². The van der Waals surface area contributed by atoms with Gasteiger partial charge in [-0.25, -0.2) is 0 Å². The molecular weight excluding hydrogens is 372 g/mol. The molecule has 6 heteroatoms. The fourth-order valence-corrected chi connectivity index (χ4v) is 4.38. The molecule has 1 aliphatic rings. The molecule has 1 saturated heterocycles. The van der Waals surface area contributed by atoms with Crippen molar-refractivity contribution in [3.63, 3.8) is 0 Å². The third kappa shape index (κ3) is 5.55. The summed E-state index contributed by atoms with van der Waals surface area (Å²) in [6.07, 6.45) is 5.92. The van der Waals surface area contributed by atoms with E-state index in [1.165, 1.54) is 11.3 Å². The molecule has 1 aromatic rings. The first-order chi connectivity index (χ1) is 9.58. The van der Waals surface area contributed by atoms with Gasteiger partial charge in [-0.2, -0.15) is 0 Å². The van der Waals surface area contributed by atoms with Crippen LogP contribution in [0.2, 0.25) is 0 Å². The van der Waals surface area contributed by atoms with Crippen molar-refractivity contribution in [3.05, 3.63) is 20.8 Å². The molecule has 0 aliphatic carbocycles. The molecular formula is C15H24BrClN2OS. The van der Waals surface area contributed by atoms with Gasteiger partial charge in [0.1, 0.15) is 0 Å². The number of likely N-dealkylation sites (tertiary alicyclic amines) is 1. The van der Waals surface area contributed by atoms with Gasteiger partial charge in [-0.15, -0.1) is 23.7 Å². The lowest BCUT2D eigenvalue weighted by Crippen LogP contribution is -2.51. The Hall–Kier alpha value is -0.100. The minimum absolute atomic E-state index is 0. The van der Waals surface area contributed by atoms with Gasteiger partial charge in [0.05, 0.1) is 3.79 Å². The van der Waals surface area contributed by atoms with E-state index in [0.717, 1.165) is 36.0 Å². The van der Waals surface area contributed by atoms with Gasteiger partial charge in [0.2, 0.25) is 5.91 Å². The topological polar surface area (TPSA) is 46.3 Å². The van der Waals surface area contributed by atoms with Gasteiger partial charge in [-0.05, 0) is 67.1 Å². The smallest absolute Gasteiger partial charge is 0.222 e. The van der Waals surface area contributed by atoms with Crippen LogP contribution in [-0.2, 0) is 11.2 Å². The first-order valence-corrected chi connectivity index (χ1v) is 8.98. The second-order valence-electron chi connectivity index (χ2n) is 5.57. The number of rotatable bonds is 5. The molecule has 0 spiro atoms. The number of aryl methyl sites for hydroxylation is 1. The molecule has 2 unspecified atom stereocenters. The first-order valence-electron chi connectivity index (χ1n) is 7.37. The average molecular weight is 396 g/mol. The predicted molar refractivity (Wildman–Crippen MR) is 95.2 cm³/mol. The molecule has 120 valence electrons. The van der Waals surface area contributed by atoms with Crippen molar-refractivity contribution in [1.82, 2.24) is 4.90 Å². The number of nitrogens with two attached hydrogens (primary N) is 1. The van der Waals surface area contributed by atoms with Crippen LogP contribution in [0.15, 0.2) is 15.9 Å². The summed E-state index contributed by atoms with van der Waals surface area (Å²) < 4.78 is 1.16. The van der Waals surface area contributed by atoms with E-state index in [-0.39, 0.29) is 30.4 Å². The van der Waals surface area contributed by atoms with E-state index in [2.05, 4.69) is 28.1 Å². The van der Waals surface area contributed by atoms with E-state index in [0.29, 0.717) is 6.42 Å². The van der Waals surface area contributed by atoms with Crippen LogP contribution in [0.25, 0.3) is 0 Å². The Morgan fingerprint density at radius 2 is 2.29 bits per heavy atom. The third-order valence-electron chi connectivity index (χ3n) is 3.92. The summed E-state index contributed by atoms with van der Waals surface area (Å²) in [6.45, 7) is 2.90. The highest BCUT2D eigenvalue weighted by Crippen LogP contribution is 2.24. The zero-order chi connectivity index (χ0) is 14.5. The maximum Gasteiger partial charge on any atom is 0.222 e. The van der Waals surface area contributed by atoms with Gasteiger partial charge < -0.3 is 10.6 Å². The predicted octanol–water partition coefficient (Wildman–Crippen LogP) is 3.98. The number of carbonyl (C=O) groups is 1. The van der Waals surface area contributed by atoms with E-state index >= 15 is 0 Å². The largest absolute Gasteiger partial charge is 0.338 e. The molecule has 1 aromatic heterocycles. The Kier molecular flexibility index (Phi) is 8.24. The maximum atomic E-state index is 12.4. The number of hydrogen-bond acceptors (Lipinski definition) is 3. The standard InChI is InChI=1S/C15H23BrN2OS.ClH/c1-11(17)13-6-2-3-10-18(13)15(19)7-4-5-12-8-9-14(16)20-12;/h8-9,11,13H,2-7,10,17H2,1H3;1H. The van der Waals surface area contributed by atoms with E-state index in [1.54, 1.807) is 11.3 Å². The summed E-state index contributed by atoms with van der Waals surface area (Å²) in [5, 5.41) is 0. The minimum atomic E-state index is 0. The van der Waals surface area contributed by atoms with E-state index in [4.69, 9.17) is 5.73 Å². The Labute approximate surface area is 145 Å². The summed E-state index contributed by atoms with van der Waals surface area (Å²) in [4.78, 5) is 15.7. The number of nitrogens with zero attached hydrogens (tertiary/aromatic N) is 1. The Morgan fingerprint density at radius 1 is 1.52 bits per heavy atom. The molecule has 0 aromatic carbocycles. The van der Waals surface area contributed by atoms with Gasteiger partial charge in [0, 0.05) is 29.9 Å². The minimum Gasteiger partial charge on any atom is -0.338 e. The monoisotopic (exact) mass is 394 g/mol. The fourth-order valence-electron chi connectivity index (χ4n) is 2.86. The van der Waals surface area contributed by atoms with Gasteiger partial charge in [0.15, 0.2) is 0 Å². The zero-order valence-corrected chi connectivity index (χ0v) is 15.6. The lowest BCUT2D eigenvalue weighted by molar-refractivity contribution is -0.135. The Morgan fingerprint density at radius 3 is 2.90 bits per heavy atom. The molecule has 0 radical (unpaired) electrons. The molecule has 2 heterocycles. The van der Waals surface area contributed by atoms with Crippen LogP contribution in [0.1, 0.15) is 43.9 Å². The molecule has 0 bridgehead atoms. The van der Waals surface area contributed by atoms with Crippen molar-refractivity contribution in [2.45, 2.75) is 57.5 Å². The van der Waals surface area contributed by atoms with Crippen LogP contribution in [0.4, 0.5) is 0 Å². The van der Waals surface area contributed by atoms with E-state index < -0.39 is 0 Å². The second kappa shape index (κ2) is 9.13. The van der Waals surface area contributed by atoms with Crippen LogP contribution in [0.3, 0.4) is 0 Å². The summed E-state index contributed by atoms with van der Waals surface area (Å²) in [7, 11) is 0. The molecule has 2 rings (SSSR count). The van der Waals surface area contributed by atoms with E-state index in [9.17, 15) is 4.79 Å². The van der Waals surface area contributed by atoms with Crippen LogP contribution in [-0.4, -0.2) is 29.4 Å². The SMILES string of the molecule is CC(N)C1CCCCN1C(=O)CCCc1ccc(Br)s1.Cl. The van der Waals surface area contributed by atoms with Crippen molar-refractivity contribution in [1.29, 1.82) is 0 Å². The summed E-state index contributed by atoms with van der Waals surface area (Å²) >= 11 is 5.22. The van der Waals surface area contributed by atoms with Crippen molar-refractivity contribution < 1.29 is 4.79 Å². The van der Waals surface area contributed by atoms with Crippen molar-refractivity contribution in [3.8, 4) is 0 Å². The van der Waals surface area contributed by atoms with Gasteiger partial charge in [0.25, 0.3) is 0 Å². The zero-order valence-electron chi connectivity index (χ0n) is 12.4.